The summed E-state index contributed by atoms with van der Waals surface area (Å²) in [7, 11) is 0. The van der Waals surface area contributed by atoms with Gasteiger partial charge in [0.15, 0.2) is 6.10 Å². The maximum absolute atomic E-state index is 13.0. The van der Waals surface area contributed by atoms with E-state index in [4.69, 9.17) is 4.74 Å². The van der Waals surface area contributed by atoms with E-state index in [-0.39, 0.29) is 18.4 Å². The zero-order chi connectivity index (χ0) is 17.1. The van der Waals surface area contributed by atoms with Crippen molar-refractivity contribution < 1.29 is 14.3 Å². The molecule has 2 fully saturated rings. The minimum absolute atomic E-state index is 0.0349. The minimum Gasteiger partial charge on any atom is -0.356 e. The third kappa shape index (κ3) is 3.60. The van der Waals surface area contributed by atoms with Gasteiger partial charge >= 0.3 is 0 Å². The van der Waals surface area contributed by atoms with Crippen LogP contribution in [0, 0.1) is 0 Å². The van der Waals surface area contributed by atoms with Crippen LogP contribution in [-0.2, 0) is 14.3 Å². The van der Waals surface area contributed by atoms with Crippen LogP contribution in [0.25, 0.3) is 0 Å². The summed E-state index contributed by atoms with van der Waals surface area (Å²) in [5, 5.41) is 2.91. The van der Waals surface area contributed by atoms with E-state index < -0.39 is 12.1 Å². The molecule has 0 radical (unpaired) electrons. The van der Waals surface area contributed by atoms with Gasteiger partial charge in [-0.2, -0.15) is 0 Å². The third-order valence-electron chi connectivity index (χ3n) is 4.77. The van der Waals surface area contributed by atoms with Crippen LogP contribution in [0.3, 0.4) is 0 Å². The van der Waals surface area contributed by atoms with Crippen molar-refractivity contribution >= 4 is 11.8 Å². The predicted octanol–water partition coefficient (Wildman–Crippen LogP) is 0.795. The Labute approximate surface area is 142 Å². The van der Waals surface area contributed by atoms with Crippen LogP contribution in [0.5, 0.6) is 0 Å². The first-order chi connectivity index (χ1) is 11.6. The molecule has 6 heteroatoms. The number of morpholine rings is 1. The summed E-state index contributed by atoms with van der Waals surface area (Å²) in [5.74, 6) is -0.218. The fraction of sp³-hybridized carbons (Fsp3) is 0.556. The number of benzene rings is 1. The van der Waals surface area contributed by atoms with Crippen LogP contribution in [0.4, 0.5) is 0 Å². The largest absolute Gasteiger partial charge is 0.356 e. The van der Waals surface area contributed by atoms with Gasteiger partial charge in [0, 0.05) is 32.2 Å². The summed E-state index contributed by atoms with van der Waals surface area (Å²) in [5.41, 5.74) is 0.893. The van der Waals surface area contributed by atoms with Crippen LogP contribution >= 0.6 is 0 Å². The van der Waals surface area contributed by atoms with Crippen molar-refractivity contribution in [2.45, 2.75) is 32.0 Å². The Kier molecular flexibility index (Phi) is 5.16. The van der Waals surface area contributed by atoms with Crippen molar-refractivity contribution in [2.24, 2.45) is 0 Å². The van der Waals surface area contributed by atoms with Crippen LogP contribution in [0.1, 0.15) is 25.5 Å². The number of carbonyl (C=O) groups is 2. The average Bonchev–Trinajstić information content (AvgIpc) is 2.62. The summed E-state index contributed by atoms with van der Waals surface area (Å²) >= 11 is 0. The zero-order valence-corrected chi connectivity index (χ0v) is 14.3. The molecular weight excluding hydrogens is 306 g/mol. The zero-order valence-electron chi connectivity index (χ0n) is 14.3. The molecule has 2 amide bonds. The van der Waals surface area contributed by atoms with Crippen molar-refractivity contribution in [3.8, 4) is 0 Å². The molecule has 0 aliphatic carbocycles. The molecule has 1 aromatic rings. The number of carbonyl (C=O) groups excluding carboxylic acids is 2. The van der Waals surface area contributed by atoms with E-state index in [1.165, 1.54) is 0 Å². The molecule has 6 nitrogen and oxygen atoms in total. The second-order valence-corrected chi connectivity index (χ2v) is 6.64. The number of hydrogen-bond acceptors (Lipinski definition) is 4. The number of ether oxygens (including phenoxy) is 1. The quantitative estimate of drug-likeness (QED) is 0.890. The van der Waals surface area contributed by atoms with Crippen LogP contribution < -0.4 is 5.32 Å². The minimum atomic E-state index is -0.657. The molecule has 24 heavy (non-hydrogen) atoms. The summed E-state index contributed by atoms with van der Waals surface area (Å²) in [6, 6.07) is 9.61. The Morgan fingerprint density at radius 3 is 2.46 bits per heavy atom. The molecule has 2 aliphatic rings. The monoisotopic (exact) mass is 331 g/mol. The van der Waals surface area contributed by atoms with Gasteiger partial charge in [-0.1, -0.05) is 30.3 Å². The van der Waals surface area contributed by atoms with E-state index in [0.717, 1.165) is 18.7 Å². The first-order valence-corrected chi connectivity index (χ1v) is 8.55. The smallest absolute Gasteiger partial charge is 0.254 e. The molecule has 1 aromatic carbocycles. The lowest BCUT2D eigenvalue weighted by Crippen LogP contribution is -2.57. The molecule has 0 bridgehead atoms. The van der Waals surface area contributed by atoms with Crippen molar-refractivity contribution in [3.05, 3.63) is 35.9 Å². The van der Waals surface area contributed by atoms with Gasteiger partial charge in [-0.25, -0.2) is 0 Å². The van der Waals surface area contributed by atoms with Gasteiger partial charge in [0.1, 0.15) is 6.61 Å². The second kappa shape index (κ2) is 7.32. The number of nitrogens with one attached hydrogen (secondary N) is 1. The lowest BCUT2D eigenvalue weighted by Gasteiger charge is -2.40. The number of nitrogens with zero attached hydrogens (tertiary/aromatic N) is 2. The van der Waals surface area contributed by atoms with Crippen molar-refractivity contribution in [2.75, 3.05) is 32.8 Å². The summed E-state index contributed by atoms with van der Waals surface area (Å²) < 4.78 is 5.63. The first kappa shape index (κ1) is 16.9. The molecule has 0 aromatic heterocycles. The number of amides is 2. The Bertz CT molecular complexity index is 582. The lowest BCUT2D eigenvalue weighted by atomic mass is 9.98. The van der Waals surface area contributed by atoms with E-state index >= 15 is 0 Å². The number of hydrogen-bond donors (Lipinski definition) is 1. The van der Waals surface area contributed by atoms with Gasteiger partial charge in [0.2, 0.25) is 5.91 Å². The Morgan fingerprint density at radius 2 is 1.83 bits per heavy atom. The van der Waals surface area contributed by atoms with Crippen LogP contribution in [0.2, 0.25) is 0 Å². The highest BCUT2D eigenvalue weighted by Gasteiger charge is 2.39. The van der Waals surface area contributed by atoms with E-state index in [2.05, 4.69) is 24.1 Å². The average molecular weight is 331 g/mol. The molecule has 2 atom stereocenters. The molecule has 2 saturated heterocycles. The van der Waals surface area contributed by atoms with Gasteiger partial charge in [-0.15, -0.1) is 0 Å². The third-order valence-corrected chi connectivity index (χ3v) is 4.77. The molecule has 3 rings (SSSR count). The Hall–Kier alpha value is -1.92. The van der Waals surface area contributed by atoms with Gasteiger partial charge in [0.25, 0.3) is 5.91 Å². The molecule has 2 heterocycles. The van der Waals surface area contributed by atoms with Crippen LogP contribution in [0.15, 0.2) is 30.3 Å². The Morgan fingerprint density at radius 1 is 1.17 bits per heavy atom. The van der Waals surface area contributed by atoms with Crippen molar-refractivity contribution in [1.29, 1.82) is 0 Å². The molecule has 1 N–H and O–H groups in total. The highest BCUT2D eigenvalue weighted by atomic mass is 16.5. The van der Waals surface area contributed by atoms with Gasteiger partial charge in [-0.05, 0) is 19.4 Å². The van der Waals surface area contributed by atoms with E-state index in [1.54, 1.807) is 0 Å². The first-order valence-electron chi connectivity index (χ1n) is 8.55. The Balaban J connectivity index is 1.71. The highest BCUT2D eigenvalue weighted by molar-refractivity contribution is 5.86. The summed E-state index contributed by atoms with van der Waals surface area (Å²) in [6.45, 7) is 7.42. The fourth-order valence-corrected chi connectivity index (χ4v) is 3.32. The summed E-state index contributed by atoms with van der Waals surface area (Å²) in [4.78, 5) is 28.9. The van der Waals surface area contributed by atoms with Gasteiger partial charge < -0.3 is 15.0 Å². The lowest BCUT2D eigenvalue weighted by molar-refractivity contribution is -0.156. The molecule has 2 aliphatic heterocycles. The standard InChI is InChI=1S/C18H25N3O3/c1-13(2)20-8-10-21(11-9-20)18(23)17-16(19-15(22)12-24-17)14-6-4-3-5-7-14/h3-7,13,16-17H,8-12H2,1-2H3,(H,19,22)/t16-,17+/m1/s1. The van der Waals surface area contributed by atoms with Crippen molar-refractivity contribution in [3.63, 3.8) is 0 Å². The van der Waals surface area contributed by atoms with E-state index in [0.29, 0.717) is 19.1 Å². The molecule has 0 saturated carbocycles. The maximum Gasteiger partial charge on any atom is 0.254 e. The van der Waals surface area contributed by atoms with Gasteiger partial charge in [-0.3, -0.25) is 14.5 Å². The molecule has 130 valence electrons. The number of piperazine rings is 1. The van der Waals surface area contributed by atoms with Gasteiger partial charge in [0.05, 0.1) is 6.04 Å². The highest BCUT2D eigenvalue weighted by Crippen LogP contribution is 2.24. The van der Waals surface area contributed by atoms with Crippen LogP contribution in [-0.4, -0.2) is 66.5 Å². The summed E-state index contributed by atoms with van der Waals surface area (Å²) in [6.07, 6.45) is -0.657. The van der Waals surface area contributed by atoms with Crippen molar-refractivity contribution in [1.82, 2.24) is 15.1 Å². The van der Waals surface area contributed by atoms with E-state index in [9.17, 15) is 9.59 Å². The fourth-order valence-electron chi connectivity index (χ4n) is 3.32. The van der Waals surface area contributed by atoms with E-state index in [1.807, 2.05) is 35.2 Å². The second-order valence-electron chi connectivity index (χ2n) is 6.64. The number of rotatable bonds is 3. The maximum atomic E-state index is 13.0. The molecular formula is C18H25N3O3. The molecule has 0 spiro atoms. The normalized spacial score (nSPS) is 25.6. The molecule has 0 unspecified atom stereocenters. The topological polar surface area (TPSA) is 61.9 Å². The predicted molar refractivity (Wildman–Crippen MR) is 90.4 cm³/mol. The SMILES string of the molecule is CC(C)N1CCN(C(=O)[C@H]2OCC(=O)N[C@@H]2c2ccccc2)CC1.